The second-order valence-electron chi connectivity index (χ2n) is 5.72. The first kappa shape index (κ1) is 17.4. The number of nitrogens with one attached hydrogen (secondary N) is 3. The Morgan fingerprint density at radius 2 is 2.08 bits per heavy atom. The van der Waals surface area contributed by atoms with Gasteiger partial charge in [0.15, 0.2) is 0 Å². The highest BCUT2D eigenvalue weighted by Crippen LogP contribution is 2.30. The Morgan fingerprint density at radius 3 is 2.68 bits per heavy atom. The van der Waals surface area contributed by atoms with Crippen LogP contribution in [0, 0.1) is 0 Å². The number of benzene rings is 1. The van der Waals surface area contributed by atoms with E-state index in [0.29, 0.717) is 11.3 Å². The van der Waals surface area contributed by atoms with Gasteiger partial charge in [0.25, 0.3) is 0 Å². The summed E-state index contributed by atoms with van der Waals surface area (Å²) < 4.78 is 43.2. The monoisotopic (exact) mass is 354 g/mol. The minimum Gasteiger partial charge on any atom is -0.367 e. The Balaban J connectivity index is 1.56. The molecule has 25 heavy (non-hydrogen) atoms. The van der Waals surface area contributed by atoms with E-state index in [1.54, 1.807) is 24.3 Å². The van der Waals surface area contributed by atoms with Crippen LogP contribution in [0.5, 0.6) is 0 Å². The first-order valence-electron chi connectivity index (χ1n) is 7.77. The topological polar surface area (TPSA) is 79.0 Å². The van der Waals surface area contributed by atoms with Gasteiger partial charge in [0, 0.05) is 17.8 Å². The molecule has 1 amide bonds. The van der Waals surface area contributed by atoms with E-state index in [9.17, 15) is 18.0 Å². The molecule has 1 aromatic heterocycles. The summed E-state index contributed by atoms with van der Waals surface area (Å²) in [5.74, 6) is -0.279. The van der Waals surface area contributed by atoms with Crippen molar-refractivity contribution in [3.8, 4) is 11.3 Å². The number of hydrogen-bond acceptors (Lipinski definition) is 4. The fourth-order valence-corrected chi connectivity index (χ4v) is 2.50. The molecule has 1 aliphatic rings. The largest absolute Gasteiger partial charge is 0.432 e. The van der Waals surface area contributed by atoms with E-state index in [1.807, 2.05) is 5.10 Å². The highest BCUT2D eigenvalue weighted by molar-refractivity contribution is 5.91. The number of nitrogens with zero attached hydrogens (tertiary/aromatic N) is 1. The van der Waals surface area contributed by atoms with Crippen LogP contribution in [0.1, 0.15) is 12.1 Å². The average molecular weight is 354 g/mol. The Hall–Kier alpha value is -2.39. The number of carbonyl (C=O) groups excluding carboxylic acids is 1. The Morgan fingerprint density at radius 1 is 1.32 bits per heavy atom. The lowest BCUT2D eigenvalue weighted by atomic mass is 10.1. The molecule has 0 bridgehead atoms. The molecule has 0 radical (unpaired) electrons. The summed E-state index contributed by atoms with van der Waals surface area (Å²) in [5.41, 5.74) is 0.326. The third-order valence-electron chi connectivity index (χ3n) is 3.81. The fraction of sp³-hybridized carbons (Fsp3) is 0.375. The third kappa shape index (κ3) is 4.58. The zero-order valence-electron chi connectivity index (χ0n) is 13.2. The van der Waals surface area contributed by atoms with Gasteiger partial charge in [-0.3, -0.25) is 9.89 Å². The lowest BCUT2D eigenvalue weighted by molar-refractivity contribution is -0.141. The number of anilines is 1. The zero-order chi connectivity index (χ0) is 17.9. The molecule has 0 unspecified atom stereocenters. The van der Waals surface area contributed by atoms with Crippen molar-refractivity contribution in [3.63, 3.8) is 0 Å². The molecule has 0 spiro atoms. The predicted molar refractivity (Wildman–Crippen MR) is 84.9 cm³/mol. The number of halogens is 3. The van der Waals surface area contributed by atoms with Gasteiger partial charge in [0.1, 0.15) is 12.3 Å². The second kappa shape index (κ2) is 7.24. The number of ether oxygens (including phenoxy) is 1. The van der Waals surface area contributed by atoms with Crippen LogP contribution in [0.15, 0.2) is 30.3 Å². The summed E-state index contributed by atoms with van der Waals surface area (Å²) in [6, 6.07) is 7.33. The highest BCUT2D eigenvalue weighted by Gasteiger charge is 2.33. The van der Waals surface area contributed by atoms with Gasteiger partial charge in [-0.2, -0.15) is 18.3 Å². The molecular formula is C16H17F3N4O2. The Kier molecular flexibility index (Phi) is 5.05. The zero-order valence-corrected chi connectivity index (χ0v) is 13.2. The van der Waals surface area contributed by atoms with Crippen LogP contribution in [0.4, 0.5) is 18.9 Å². The molecule has 1 atom stereocenters. The second-order valence-corrected chi connectivity index (χ2v) is 5.72. The van der Waals surface area contributed by atoms with Crippen molar-refractivity contribution in [1.29, 1.82) is 0 Å². The minimum absolute atomic E-state index is 0.0393. The van der Waals surface area contributed by atoms with Crippen molar-refractivity contribution in [2.75, 3.05) is 25.0 Å². The molecule has 2 heterocycles. The molecule has 1 saturated heterocycles. The highest BCUT2D eigenvalue weighted by atomic mass is 19.4. The Labute approximate surface area is 141 Å². The minimum atomic E-state index is -4.46. The number of H-pyrrole nitrogens is 1. The summed E-state index contributed by atoms with van der Waals surface area (Å²) in [4.78, 5) is 11.8. The first-order chi connectivity index (χ1) is 11.9. The average Bonchev–Trinajstić information content (AvgIpc) is 3.25. The van der Waals surface area contributed by atoms with Gasteiger partial charge < -0.3 is 15.4 Å². The molecule has 1 aliphatic heterocycles. The third-order valence-corrected chi connectivity index (χ3v) is 3.81. The molecule has 6 nitrogen and oxygen atoms in total. The van der Waals surface area contributed by atoms with Crippen LogP contribution in [0.2, 0.25) is 0 Å². The number of alkyl halides is 3. The molecule has 1 fully saturated rings. The molecule has 3 N–H and O–H groups in total. The normalized spacial score (nSPS) is 17.6. The maximum atomic E-state index is 12.6. The summed E-state index contributed by atoms with van der Waals surface area (Å²) in [6.07, 6.45) is -3.53. The first-order valence-corrected chi connectivity index (χ1v) is 7.77. The predicted octanol–water partition coefficient (Wildman–Crippen LogP) is 2.41. The van der Waals surface area contributed by atoms with E-state index < -0.39 is 11.9 Å². The molecule has 9 heteroatoms. The van der Waals surface area contributed by atoms with E-state index >= 15 is 0 Å². The van der Waals surface area contributed by atoms with Crippen molar-refractivity contribution >= 4 is 11.6 Å². The van der Waals surface area contributed by atoms with Gasteiger partial charge in [0.2, 0.25) is 5.91 Å². The quantitative estimate of drug-likeness (QED) is 0.771. The van der Waals surface area contributed by atoms with Crippen LogP contribution < -0.4 is 10.6 Å². The molecule has 134 valence electrons. The standard InChI is InChI=1S/C16H17F3N4O2/c17-16(18,19)14-7-13(22-23-14)10-1-3-11(4-2-10)21-15(24)9-25-12-5-6-20-8-12/h1-4,7,12,20H,5-6,8-9H2,(H,21,24)(H,22,23)/t12-/m0/s1. The van der Waals surface area contributed by atoms with Crippen molar-refractivity contribution in [2.24, 2.45) is 0 Å². The van der Waals surface area contributed by atoms with E-state index in [1.165, 1.54) is 0 Å². The number of hydrogen-bond donors (Lipinski definition) is 3. The molecule has 0 aliphatic carbocycles. The summed E-state index contributed by atoms with van der Waals surface area (Å²) in [5, 5.41) is 11.5. The van der Waals surface area contributed by atoms with Crippen molar-refractivity contribution in [3.05, 3.63) is 36.0 Å². The number of carbonyl (C=O) groups is 1. The van der Waals surface area contributed by atoms with Crippen LogP contribution >= 0.6 is 0 Å². The van der Waals surface area contributed by atoms with E-state index in [2.05, 4.69) is 15.7 Å². The van der Waals surface area contributed by atoms with Gasteiger partial charge in [-0.25, -0.2) is 0 Å². The fourth-order valence-electron chi connectivity index (χ4n) is 2.50. The lowest BCUT2D eigenvalue weighted by Crippen LogP contribution is -2.24. The van der Waals surface area contributed by atoms with Gasteiger partial charge >= 0.3 is 6.18 Å². The van der Waals surface area contributed by atoms with Crippen molar-refractivity contribution < 1.29 is 22.7 Å². The number of aromatic nitrogens is 2. The summed E-state index contributed by atoms with van der Waals surface area (Å²) in [7, 11) is 0. The van der Waals surface area contributed by atoms with E-state index in [-0.39, 0.29) is 24.3 Å². The van der Waals surface area contributed by atoms with E-state index in [4.69, 9.17) is 4.74 Å². The lowest BCUT2D eigenvalue weighted by Gasteiger charge is -2.10. The van der Waals surface area contributed by atoms with Gasteiger partial charge in [-0.1, -0.05) is 12.1 Å². The van der Waals surface area contributed by atoms with Crippen molar-refractivity contribution in [2.45, 2.75) is 18.7 Å². The molecule has 0 saturated carbocycles. The molecule has 1 aromatic carbocycles. The van der Waals surface area contributed by atoms with Crippen LogP contribution in [-0.2, 0) is 15.7 Å². The van der Waals surface area contributed by atoms with Gasteiger partial charge in [0.05, 0.1) is 11.8 Å². The number of aromatic amines is 1. The Bertz CT molecular complexity index is 722. The van der Waals surface area contributed by atoms with Crippen LogP contribution in [0.25, 0.3) is 11.3 Å². The van der Waals surface area contributed by atoms with E-state index in [0.717, 1.165) is 25.6 Å². The maximum absolute atomic E-state index is 12.6. The molecular weight excluding hydrogens is 337 g/mol. The smallest absolute Gasteiger partial charge is 0.367 e. The summed E-state index contributed by atoms with van der Waals surface area (Å²) in [6.45, 7) is 1.59. The van der Waals surface area contributed by atoms with Gasteiger partial charge in [-0.15, -0.1) is 0 Å². The number of rotatable bonds is 5. The SMILES string of the molecule is O=C(CO[C@H]1CCNC1)Nc1ccc(-c2cc(C(F)(F)F)[nH]n2)cc1. The van der Waals surface area contributed by atoms with Crippen LogP contribution in [0.3, 0.4) is 0 Å². The van der Waals surface area contributed by atoms with Crippen LogP contribution in [-0.4, -0.2) is 41.9 Å². The summed E-state index contributed by atoms with van der Waals surface area (Å²) >= 11 is 0. The van der Waals surface area contributed by atoms with Crippen molar-refractivity contribution in [1.82, 2.24) is 15.5 Å². The molecule has 2 aromatic rings. The number of amides is 1. The van der Waals surface area contributed by atoms with Gasteiger partial charge in [-0.05, 0) is 31.2 Å². The molecule has 3 rings (SSSR count). The maximum Gasteiger partial charge on any atom is 0.432 e.